The Morgan fingerprint density at radius 1 is 1.43 bits per heavy atom. The van der Waals surface area contributed by atoms with Crippen LogP contribution >= 0.6 is 11.8 Å². The molecule has 0 saturated carbocycles. The second kappa shape index (κ2) is 7.12. The fourth-order valence-electron chi connectivity index (χ4n) is 1.89. The van der Waals surface area contributed by atoms with E-state index in [0.717, 1.165) is 0 Å². The summed E-state index contributed by atoms with van der Waals surface area (Å²) in [7, 11) is 0. The first kappa shape index (κ1) is 15.4. The summed E-state index contributed by atoms with van der Waals surface area (Å²) in [5, 5.41) is 5.29. The summed E-state index contributed by atoms with van der Waals surface area (Å²) in [5.74, 6) is -0.115. The fourth-order valence-corrected chi connectivity index (χ4v) is 2.74. The normalized spacial score (nSPS) is 17.8. The Morgan fingerprint density at radius 2 is 2.19 bits per heavy atom. The maximum atomic E-state index is 12.2. The molecule has 21 heavy (non-hydrogen) atoms. The zero-order valence-corrected chi connectivity index (χ0v) is 12.4. The zero-order valence-electron chi connectivity index (χ0n) is 11.5. The Hall–Kier alpha value is -2.02. The third-order valence-corrected chi connectivity index (χ3v) is 3.89. The highest BCUT2D eigenvalue weighted by Gasteiger charge is 2.26. The number of thioether (sulfide) groups is 1. The smallest absolute Gasteiger partial charge is 0.340 e. The molecule has 2 amide bonds. The van der Waals surface area contributed by atoms with Crippen LogP contribution in [0.4, 0.5) is 5.69 Å². The van der Waals surface area contributed by atoms with Gasteiger partial charge in [0.05, 0.1) is 23.6 Å². The average Bonchev–Trinajstić information content (AvgIpc) is 2.48. The number of para-hydroxylation sites is 1. The molecule has 1 aromatic rings. The van der Waals surface area contributed by atoms with E-state index in [4.69, 9.17) is 4.74 Å². The van der Waals surface area contributed by atoms with Crippen molar-refractivity contribution >= 4 is 35.2 Å². The standard InChI is InChI=1S/C14H16N2O4S/c1-2-20-14(19)9-5-3-4-6-10(9)16-13(18)11-7-21-8-12(17)15-11/h3-6,11H,2,7-8H2,1H3,(H,15,17)(H,16,18). The third-order valence-electron chi connectivity index (χ3n) is 2.85. The number of rotatable bonds is 4. The Balaban J connectivity index is 2.10. The number of benzene rings is 1. The minimum atomic E-state index is -0.591. The predicted molar refractivity (Wildman–Crippen MR) is 80.3 cm³/mol. The highest BCUT2D eigenvalue weighted by atomic mass is 32.2. The number of carbonyl (C=O) groups is 3. The first-order chi connectivity index (χ1) is 10.1. The van der Waals surface area contributed by atoms with Gasteiger partial charge in [-0.2, -0.15) is 0 Å². The van der Waals surface area contributed by atoms with Crippen molar-refractivity contribution < 1.29 is 19.1 Å². The second-order valence-corrected chi connectivity index (χ2v) is 5.42. The molecule has 0 aromatic heterocycles. The summed E-state index contributed by atoms with van der Waals surface area (Å²) >= 11 is 1.40. The van der Waals surface area contributed by atoms with Crippen molar-refractivity contribution in [2.75, 3.05) is 23.4 Å². The summed E-state index contributed by atoms with van der Waals surface area (Å²) in [6.07, 6.45) is 0. The third kappa shape index (κ3) is 3.98. The lowest BCUT2D eigenvalue weighted by Gasteiger charge is -2.22. The second-order valence-electron chi connectivity index (χ2n) is 4.39. The summed E-state index contributed by atoms with van der Waals surface area (Å²) < 4.78 is 4.95. The molecule has 2 N–H and O–H groups in total. The molecule has 1 aliphatic rings. The van der Waals surface area contributed by atoms with E-state index in [1.807, 2.05) is 0 Å². The molecule has 1 heterocycles. The van der Waals surface area contributed by atoms with Gasteiger partial charge in [-0.25, -0.2) is 4.79 Å². The van der Waals surface area contributed by atoms with E-state index in [0.29, 0.717) is 22.8 Å². The van der Waals surface area contributed by atoms with Gasteiger partial charge in [0, 0.05) is 5.75 Å². The largest absolute Gasteiger partial charge is 0.462 e. The molecule has 112 valence electrons. The van der Waals surface area contributed by atoms with Crippen LogP contribution in [0.2, 0.25) is 0 Å². The number of ether oxygens (including phenoxy) is 1. The number of nitrogens with one attached hydrogen (secondary N) is 2. The Bertz CT molecular complexity index is 562. The van der Waals surface area contributed by atoms with E-state index < -0.39 is 12.0 Å². The monoisotopic (exact) mass is 308 g/mol. The quantitative estimate of drug-likeness (QED) is 0.812. The van der Waals surface area contributed by atoms with E-state index in [1.165, 1.54) is 11.8 Å². The number of amides is 2. The summed E-state index contributed by atoms with van der Waals surface area (Å²) in [6.45, 7) is 1.98. The van der Waals surface area contributed by atoms with Gasteiger partial charge in [-0.05, 0) is 19.1 Å². The molecule has 1 atom stereocenters. The Morgan fingerprint density at radius 3 is 2.90 bits per heavy atom. The number of hydrogen-bond donors (Lipinski definition) is 2. The van der Waals surface area contributed by atoms with E-state index in [2.05, 4.69) is 10.6 Å². The van der Waals surface area contributed by atoms with Crippen LogP contribution in [0.3, 0.4) is 0 Å². The van der Waals surface area contributed by atoms with Crippen LogP contribution in [0.1, 0.15) is 17.3 Å². The number of hydrogen-bond acceptors (Lipinski definition) is 5. The number of esters is 1. The van der Waals surface area contributed by atoms with Crippen LogP contribution in [0.5, 0.6) is 0 Å². The lowest BCUT2D eigenvalue weighted by Crippen LogP contribution is -2.49. The molecule has 1 fully saturated rings. The molecule has 1 saturated heterocycles. The van der Waals surface area contributed by atoms with Gasteiger partial charge >= 0.3 is 5.97 Å². The van der Waals surface area contributed by atoms with Crippen LogP contribution < -0.4 is 10.6 Å². The molecule has 0 radical (unpaired) electrons. The van der Waals surface area contributed by atoms with Gasteiger partial charge in [0.25, 0.3) is 0 Å². The van der Waals surface area contributed by atoms with Crippen LogP contribution in [0.25, 0.3) is 0 Å². The molecule has 0 aliphatic carbocycles. The fraction of sp³-hybridized carbons (Fsp3) is 0.357. The van der Waals surface area contributed by atoms with Crippen molar-refractivity contribution in [3.8, 4) is 0 Å². The molecule has 1 unspecified atom stereocenters. The minimum Gasteiger partial charge on any atom is -0.462 e. The molecular formula is C14H16N2O4S. The van der Waals surface area contributed by atoms with Crippen molar-refractivity contribution in [1.82, 2.24) is 5.32 Å². The molecular weight excluding hydrogens is 292 g/mol. The Labute approximate surface area is 126 Å². The van der Waals surface area contributed by atoms with E-state index in [1.54, 1.807) is 31.2 Å². The number of carbonyl (C=O) groups excluding carboxylic acids is 3. The van der Waals surface area contributed by atoms with Gasteiger partial charge in [0.1, 0.15) is 6.04 Å². The molecule has 6 nitrogen and oxygen atoms in total. The number of anilines is 1. The maximum Gasteiger partial charge on any atom is 0.340 e. The highest BCUT2D eigenvalue weighted by molar-refractivity contribution is 8.00. The molecule has 1 aliphatic heterocycles. The summed E-state index contributed by atoms with van der Waals surface area (Å²) in [6, 6.07) is 6.03. The van der Waals surface area contributed by atoms with Gasteiger partial charge in [-0.15, -0.1) is 11.8 Å². The van der Waals surface area contributed by atoms with Crippen LogP contribution in [-0.4, -0.2) is 41.9 Å². The van der Waals surface area contributed by atoms with Gasteiger partial charge in [0.15, 0.2) is 0 Å². The van der Waals surface area contributed by atoms with Crippen molar-refractivity contribution in [3.63, 3.8) is 0 Å². The van der Waals surface area contributed by atoms with Crippen molar-refractivity contribution in [2.45, 2.75) is 13.0 Å². The van der Waals surface area contributed by atoms with E-state index in [-0.39, 0.29) is 18.4 Å². The van der Waals surface area contributed by atoms with Gasteiger partial charge in [0.2, 0.25) is 11.8 Å². The van der Waals surface area contributed by atoms with Gasteiger partial charge < -0.3 is 15.4 Å². The lowest BCUT2D eigenvalue weighted by molar-refractivity contribution is -0.124. The van der Waals surface area contributed by atoms with Crippen molar-refractivity contribution in [1.29, 1.82) is 0 Å². The first-order valence-electron chi connectivity index (χ1n) is 6.56. The predicted octanol–water partition coefficient (Wildman–Crippen LogP) is 1.03. The SMILES string of the molecule is CCOC(=O)c1ccccc1NC(=O)C1CSCC(=O)N1. The van der Waals surface area contributed by atoms with Gasteiger partial charge in [-0.1, -0.05) is 12.1 Å². The molecule has 1 aromatic carbocycles. The first-order valence-corrected chi connectivity index (χ1v) is 7.71. The highest BCUT2D eigenvalue weighted by Crippen LogP contribution is 2.18. The van der Waals surface area contributed by atoms with Crippen molar-refractivity contribution in [2.24, 2.45) is 0 Å². The maximum absolute atomic E-state index is 12.2. The Kier molecular flexibility index (Phi) is 5.21. The minimum absolute atomic E-state index is 0.162. The average molecular weight is 308 g/mol. The van der Waals surface area contributed by atoms with Crippen LogP contribution in [0, 0.1) is 0 Å². The molecule has 0 spiro atoms. The van der Waals surface area contributed by atoms with E-state index >= 15 is 0 Å². The van der Waals surface area contributed by atoms with Crippen LogP contribution in [0.15, 0.2) is 24.3 Å². The van der Waals surface area contributed by atoms with Gasteiger partial charge in [-0.3, -0.25) is 9.59 Å². The van der Waals surface area contributed by atoms with E-state index in [9.17, 15) is 14.4 Å². The lowest BCUT2D eigenvalue weighted by atomic mass is 10.1. The molecule has 0 bridgehead atoms. The summed E-state index contributed by atoms with van der Waals surface area (Å²) in [5.41, 5.74) is 0.674. The summed E-state index contributed by atoms with van der Waals surface area (Å²) in [4.78, 5) is 35.3. The van der Waals surface area contributed by atoms with Crippen molar-refractivity contribution in [3.05, 3.63) is 29.8 Å². The molecule has 2 rings (SSSR count). The van der Waals surface area contributed by atoms with Crippen LogP contribution in [-0.2, 0) is 14.3 Å². The topological polar surface area (TPSA) is 84.5 Å². The zero-order chi connectivity index (χ0) is 15.2. The molecule has 7 heteroatoms.